The first-order chi connectivity index (χ1) is 20.6. The molecule has 216 valence electrons. The van der Waals surface area contributed by atoms with Crippen LogP contribution in [-0.4, -0.2) is 62.1 Å². The molecule has 7 rings (SSSR count). The Hall–Kier alpha value is -3.28. The molecule has 0 spiro atoms. The predicted molar refractivity (Wildman–Crippen MR) is 168 cm³/mol. The van der Waals surface area contributed by atoms with Crippen molar-refractivity contribution in [2.75, 3.05) is 56.2 Å². The summed E-state index contributed by atoms with van der Waals surface area (Å²) in [7, 11) is 0. The molecule has 2 saturated heterocycles. The molecule has 0 amide bonds. The third-order valence-electron chi connectivity index (χ3n) is 7.75. The van der Waals surface area contributed by atoms with Gasteiger partial charge >= 0.3 is 0 Å². The molecule has 0 aliphatic carbocycles. The Morgan fingerprint density at radius 2 is 1.90 bits per heavy atom. The largest absolute Gasteiger partial charge is 0.378 e. The summed E-state index contributed by atoms with van der Waals surface area (Å²) >= 11 is 3.52. The van der Waals surface area contributed by atoms with Crippen molar-refractivity contribution in [3.63, 3.8) is 0 Å². The highest BCUT2D eigenvalue weighted by molar-refractivity contribution is 8.05. The molecule has 3 aliphatic rings. The number of benzene rings is 2. The Morgan fingerprint density at radius 3 is 2.71 bits per heavy atom. The van der Waals surface area contributed by atoms with Gasteiger partial charge in [-0.1, -0.05) is 41.7 Å². The van der Waals surface area contributed by atoms with E-state index in [4.69, 9.17) is 14.5 Å². The highest BCUT2D eigenvalue weighted by Gasteiger charge is 2.28. The second-order valence-corrected chi connectivity index (χ2v) is 12.8. The number of H-pyrrole nitrogens is 1. The molecule has 4 aromatic rings. The second kappa shape index (κ2) is 12.1. The number of fused-ring (bicyclic) bond motifs is 2. The minimum absolute atomic E-state index is 0.0225. The van der Waals surface area contributed by atoms with Crippen molar-refractivity contribution < 1.29 is 9.47 Å². The number of hydrogen-bond acceptors (Lipinski definition) is 9. The number of aromatic amines is 1. The van der Waals surface area contributed by atoms with E-state index in [-0.39, 0.29) is 17.7 Å². The summed E-state index contributed by atoms with van der Waals surface area (Å²) in [6.45, 7) is 7.30. The summed E-state index contributed by atoms with van der Waals surface area (Å²) in [6, 6.07) is 20.8. The smallest absolute Gasteiger partial charge is 0.250 e. The fourth-order valence-electron chi connectivity index (χ4n) is 5.58. The van der Waals surface area contributed by atoms with Crippen LogP contribution >= 0.6 is 23.5 Å². The number of nitrogens with zero attached hydrogens (tertiary/aromatic N) is 2. The van der Waals surface area contributed by atoms with Crippen molar-refractivity contribution in [3.05, 3.63) is 88.5 Å². The lowest BCUT2D eigenvalue weighted by Gasteiger charge is -2.32. The van der Waals surface area contributed by atoms with Gasteiger partial charge in [-0.25, -0.2) is 0 Å². The highest BCUT2D eigenvalue weighted by atomic mass is 32.2. The number of pyridine rings is 2. The van der Waals surface area contributed by atoms with Crippen LogP contribution in [0.15, 0.2) is 91.2 Å². The van der Waals surface area contributed by atoms with Gasteiger partial charge in [0.25, 0.3) is 0 Å². The molecule has 0 radical (unpaired) electrons. The van der Waals surface area contributed by atoms with E-state index >= 15 is 0 Å². The molecule has 10 heteroatoms. The van der Waals surface area contributed by atoms with Gasteiger partial charge in [0.15, 0.2) is 0 Å². The van der Waals surface area contributed by atoms with Crippen LogP contribution in [0.2, 0.25) is 0 Å². The Balaban J connectivity index is 1.16. The standard InChI is InChI=1S/C32H33N5O3S2/c1-20-5-7-24(34-18-20)31(26-19-33-9-12-40-26)35-21-6-8-27-29(15-21)41-28-4-2-3-23(32(28)42-27)25-16-22(17-30(38)36-25)37-10-13-39-14-11-37/h2-8,15-18,26,31,33,35H,9-14,19H2,1H3,(H,36,38). The molecular formula is C32H33N5O3S2. The normalized spacial score (nSPS) is 19.1. The molecule has 5 heterocycles. The van der Waals surface area contributed by atoms with Crippen LogP contribution in [0.25, 0.3) is 11.3 Å². The van der Waals surface area contributed by atoms with Crippen molar-refractivity contribution in [1.29, 1.82) is 0 Å². The van der Waals surface area contributed by atoms with E-state index in [0.717, 1.165) is 65.0 Å². The number of hydrogen-bond donors (Lipinski definition) is 3. The number of aromatic nitrogens is 2. The van der Waals surface area contributed by atoms with Crippen molar-refractivity contribution in [2.24, 2.45) is 0 Å². The topological polar surface area (TPSA) is 91.5 Å². The fraction of sp³-hybridized carbons (Fsp3) is 0.312. The third kappa shape index (κ3) is 5.82. The summed E-state index contributed by atoms with van der Waals surface area (Å²) in [5.41, 5.74) is 5.86. The van der Waals surface area contributed by atoms with E-state index < -0.39 is 0 Å². The average molecular weight is 600 g/mol. The number of morpholine rings is 2. The molecule has 2 atom stereocenters. The number of anilines is 2. The zero-order valence-corrected chi connectivity index (χ0v) is 25.0. The molecule has 3 aliphatic heterocycles. The van der Waals surface area contributed by atoms with Gasteiger partial charge in [-0.05, 0) is 48.9 Å². The zero-order chi connectivity index (χ0) is 28.5. The van der Waals surface area contributed by atoms with E-state index in [1.54, 1.807) is 29.6 Å². The van der Waals surface area contributed by atoms with E-state index in [2.05, 4.69) is 82.0 Å². The first kappa shape index (κ1) is 27.5. The maximum atomic E-state index is 12.7. The van der Waals surface area contributed by atoms with E-state index in [1.807, 2.05) is 6.20 Å². The van der Waals surface area contributed by atoms with Crippen LogP contribution < -0.4 is 21.1 Å². The van der Waals surface area contributed by atoms with E-state index in [0.29, 0.717) is 19.8 Å². The van der Waals surface area contributed by atoms with E-state index in [9.17, 15) is 4.79 Å². The van der Waals surface area contributed by atoms with Gasteiger partial charge in [0.2, 0.25) is 5.56 Å². The summed E-state index contributed by atoms with van der Waals surface area (Å²) in [5, 5.41) is 7.19. The summed E-state index contributed by atoms with van der Waals surface area (Å²) in [6.07, 6.45) is 1.89. The molecule has 2 aromatic heterocycles. The van der Waals surface area contributed by atoms with Gasteiger partial charge in [-0.3, -0.25) is 9.78 Å². The van der Waals surface area contributed by atoms with Crippen molar-refractivity contribution in [3.8, 4) is 11.3 Å². The zero-order valence-electron chi connectivity index (χ0n) is 23.4. The molecule has 8 nitrogen and oxygen atoms in total. The second-order valence-electron chi connectivity index (χ2n) is 10.7. The van der Waals surface area contributed by atoms with Crippen molar-refractivity contribution in [1.82, 2.24) is 15.3 Å². The van der Waals surface area contributed by atoms with Crippen LogP contribution in [0.4, 0.5) is 11.4 Å². The molecule has 2 aromatic carbocycles. The minimum Gasteiger partial charge on any atom is -0.378 e. The number of nitrogens with one attached hydrogen (secondary N) is 3. The third-order valence-corrected chi connectivity index (χ3v) is 10.3. The minimum atomic E-state index is -0.0917. The number of ether oxygens (including phenoxy) is 2. The van der Waals surface area contributed by atoms with Gasteiger partial charge in [0.05, 0.1) is 43.4 Å². The van der Waals surface area contributed by atoms with Crippen molar-refractivity contribution >= 4 is 34.9 Å². The molecule has 2 fully saturated rings. The van der Waals surface area contributed by atoms with Gasteiger partial charge in [0.1, 0.15) is 0 Å². The highest BCUT2D eigenvalue weighted by Crippen LogP contribution is 2.52. The Bertz CT molecular complexity index is 1630. The summed E-state index contributed by atoms with van der Waals surface area (Å²) in [5.74, 6) is 0. The molecular weight excluding hydrogens is 567 g/mol. The molecule has 2 unspecified atom stereocenters. The number of rotatable bonds is 6. The van der Waals surface area contributed by atoms with Crippen LogP contribution in [0.1, 0.15) is 17.3 Å². The molecule has 0 saturated carbocycles. The lowest BCUT2D eigenvalue weighted by atomic mass is 10.0. The monoisotopic (exact) mass is 599 g/mol. The average Bonchev–Trinajstić information content (AvgIpc) is 3.03. The number of aryl methyl sites for hydroxylation is 1. The summed E-state index contributed by atoms with van der Waals surface area (Å²) in [4.78, 5) is 27.5. The van der Waals surface area contributed by atoms with Crippen molar-refractivity contribution in [2.45, 2.75) is 38.7 Å². The van der Waals surface area contributed by atoms with E-state index in [1.165, 1.54) is 14.7 Å². The molecule has 3 N–H and O–H groups in total. The SMILES string of the molecule is Cc1ccc(C(Nc2ccc3c(c2)Sc2cccc(-c4cc(N5CCOCC5)cc(=O)[nH]4)c2S3)C2CNCCO2)nc1. The Morgan fingerprint density at radius 1 is 1.00 bits per heavy atom. The molecule has 0 bridgehead atoms. The lowest BCUT2D eigenvalue weighted by molar-refractivity contribution is 0.0157. The summed E-state index contributed by atoms with van der Waals surface area (Å²) < 4.78 is 11.7. The van der Waals surface area contributed by atoms with Gasteiger partial charge in [-0.15, -0.1) is 0 Å². The van der Waals surface area contributed by atoms with Crippen LogP contribution in [-0.2, 0) is 9.47 Å². The first-order valence-corrected chi connectivity index (χ1v) is 16.0. The van der Waals surface area contributed by atoms with Crippen LogP contribution in [0, 0.1) is 6.92 Å². The Kier molecular flexibility index (Phi) is 7.96. The van der Waals surface area contributed by atoms with Crippen LogP contribution in [0.5, 0.6) is 0 Å². The van der Waals surface area contributed by atoms with Crippen LogP contribution in [0.3, 0.4) is 0 Å². The maximum Gasteiger partial charge on any atom is 0.250 e. The first-order valence-electron chi connectivity index (χ1n) is 14.3. The fourth-order valence-corrected chi connectivity index (χ4v) is 7.99. The van der Waals surface area contributed by atoms with Gasteiger partial charge in [0, 0.05) is 75.0 Å². The van der Waals surface area contributed by atoms with Gasteiger partial charge < -0.3 is 30.0 Å². The van der Waals surface area contributed by atoms with Gasteiger partial charge in [-0.2, -0.15) is 0 Å². The Labute approximate surface area is 253 Å². The quantitative estimate of drug-likeness (QED) is 0.239. The lowest BCUT2D eigenvalue weighted by Crippen LogP contribution is -2.44. The predicted octanol–water partition coefficient (Wildman–Crippen LogP) is 5.34. The molecule has 42 heavy (non-hydrogen) atoms. The maximum absolute atomic E-state index is 12.7.